The molecule has 24 heavy (non-hydrogen) atoms. The number of nitrogens with zero attached hydrogens (tertiary/aromatic N) is 4. The van der Waals surface area contributed by atoms with E-state index in [1.807, 2.05) is 30.0 Å². The summed E-state index contributed by atoms with van der Waals surface area (Å²) in [5, 5.41) is 5.03. The van der Waals surface area contributed by atoms with Gasteiger partial charge in [-0.25, -0.2) is 4.98 Å². The Kier molecular flexibility index (Phi) is 4.10. The summed E-state index contributed by atoms with van der Waals surface area (Å²) in [6, 6.07) is 8.18. The van der Waals surface area contributed by atoms with Crippen LogP contribution >= 0.6 is 11.3 Å². The standard InChI is InChI=1S/C17H20N4O2S/c1-2-12-11-14(23-19-12)16(22)20-7-9-21(10-8-20)17-18-13-5-3-4-6-15(13)24-17/h3-6,14H,2,7-11H2,1H3/t14-/m0/s1. The molecule has 2 aliphatic heterocycles. The number of rotatable bonds is 3. The number of hydrogen-bond acceptors (Lipinski definition) is 6. The molecule has 0 radical (unpaired) electrons. The lowest BCUT2D eigenvalue weighted by atomic mass is 10.1. The van der Waals surface area contributed by atoms with Crippen LogP contribution in [0, 0.1) is 0 Å². The van der Waals surface area contributed by atoms with E-state index >= 15 is 0 Å². The van der Waals surface area contributed by atoms with Gasteiger partial charge in [0, 0.05) is 32.6 Å². The summed E-state index contributed by atoms with van der Waals surface area (Å²) < 4.78 is 1.20. The van der Waals surface area contributed by atoms with Crippen molar-refractivity contribution in [3.63, 3.8) is 0 Å². The second-order valence-electron chi connectivity index (χ2n) is 6.09. The Hall–Kier alpha value is -2.15. The van der Waals surface area contributed by atoms with Crippen LogP contribution in [0.25, 0.3) is 10.2 Å². The Morgan fingerprint density at radius 3 is 2.79 bits per heavy atom. The SMILES string of the molecule is CCC1=NO[C@H](C(=O)N2CCN(c3nc4ccccc4s3)CC2)C1. The molecule has 0 unspecified atom stereocenters. The van der Waals surface area contributed by atoms with Gasteiger partial charge < -0.3 is 14.6 Å². The van der Waals surface area contributed by atoms with E-state index in [0.29, 0.717) is 19.5 Å². The Bertz CT molecular complexity index is 747. The predicted molar refractivity (Wildman–Crippen MR) is 95.6 cm³/mol. The maximum absolute atomic E-state index is 12.5. The van der Waals surface area contributed by atoms with E-state index in [4.69, 9.17) is 9.82 Å². The molecule has 1 amide bonds. The first-order chi connectivity index (χ1) is 11.7. The van der Waals surface area contributed by atoms with Crippen LogP contribution < -0.4 is 4.90 Å². The Morgan fingerprint density at radius 1 is 1.29 bits per heavy atom. The lowest BCUT2D eigenvalue weighted by Crippen LogP contribution is -2.51. The van der Waals surface area contributed by atoms with Crippen LogP contribution in [0.4, 0.5) is 5.13 Å². The van der Waals surface area contributed by atoms with Gasteiger partial charge in [-0.15, -0.1) is 0 Å². The highest BCUT2D eigenvalue weighted by Crippen LogP contribution is 2.29. The Morgan fingerprint density at radius 2 is 2.08 bits per heavy atom. The van der Waals surface area contributed by atoms with Crippen molar-refractivity contribution in [1.29, 1.82) is 0 Å². The molecular weight excluding hydrogens is 324 g/mol. The van der Waals surface area contributed by atoms with Crippen LogP contribution in [0.1, 0.15) is 19.8 Å². The first-order valence-corrected chi connectivity index (χ1v) is 9.17. The third-order valence-electron chi connectivity index (χ3n) is 4.56. The molecule has 1 fully saturated rings. The number of anilines is 1. The fourth-order valence-corrected chi connectivity index (χ4v) is 4.10. The molecule has 1 saturated heterocycles. The molecule has 126 valence electrons. The normalized spacial score (nSPS) is 21.0. The second kappa shape index (κ2) is 6.39. The number of thiazole rings is 1. The minimum Gasteiger partial charge on any atom is -0.382 e. The van der Waals surface area contributed by atoms with Crippen molar-refractivity contribution in [2.45, 2.75) is 25.9 Å². The molecule has 0 bridgehead atoms. The van der Waals surface area contributed by atoms with E-state index in [0.717, 1.165) is 35.9 Å². The van der Waals surface area contributed by atoms with Crippen LogP contribution in [0.2, 0.25) is 0 Å². The molecule has 3 heterocycles. The van der Waals surface area contributed by atoms with Gasteiger partial charge in [-0.3, -0.25) is 4.79 Å². The summed E-state index contributed by atoms with van der Waals surface area (Å²) >= 11 is 1.71. The van der Waals surface area contributed by atoms with Gasteiger partial charge in [0.25, 0.3) is 5.91 Å². The van der Waals surface area contributed by atoms with E-state index in [-0.39, 0.29) is 5.91 Å². The van der Waals surface area contributed by atoms with Gasteiger partial charge in [-0.05, 0) is 18.6 Å². The molecular formula is C17H20N4O2S. The van der Waals surface area contributed by atoms with Gasteiger partial charge >= 0.3 is 0 Å². The number of amides is 1. The van der Waals surface area contributed by atoms with E-state index in [1.54, 1.807) is 11.3 Å². The number of carbonyl (C=O) groups excluding carboxylic acids is 1. The molecule has 2 aliphatic rings. The smallest absolute Gasteiger partial charge is 0.267 e. The summed E-state index contributed by atoms with van der Waals surface area (Å²) in [4.78, 5) is 26.7. The number of fused-ring (bicyclic) bond motifs is 1. The highest BCUT2D eigenvalue weighted by Gasteiger charge is 2.33. The third kappa shape index (κ3) is 2.84. The number of benzene rings is 1. The van der Waals surface area contributed by atoms with Crippen LogP contribution in [-0.2, 0) is 9.63 Å². The molecule has 7 heteroatoms. The number of para-hydroxylation sites is 1. The fourth-order valence-electron chi connectivity index (χ4n) is 3.09. The molecule has 6 nitrogen and oxygen atoms in total. The second-order valence-corrected chi connectivity index (χ2v) is 7.09. The maximum Gasteiger partial charge on any atom is 0.267 e. The molecule has 4 rings (SSSR count). The number of hydrogen-bond donors (Lipinski definition) is 0. The van der Waals surface area contributed by atoms with Gasteiger partial charge in [-0.1, -0.05) is 35.5 Å². The maximum atomic E-state index is 12.5. The van der Waals surface area contributed by atoms with Crippen molar-refractivity contribution >= 4 is 38.3 Å². The minimum absolute atomic E-state index is 0.0612. The number of aromatic nitrogens is 1. The van der Waals surface area contributed by atoms with Gasteiger partial charge in [0.15, 0.2) is 5.13 Å². The lowest BCUT2D eigenvalue weighted by molar-refractivity contribution is -0.142. The number of oxime groups is 1. The van der Waals surface area contributed by atoms with Crippen molar-refractivity contribution in [2.75, 3.05) is 31.1 Å². The van der Waals surface area contributed by atoms with Crippen molar-refractivity contribution in [3.8, 4) is 0 Å². The predicted octanol–water partition coefficient (Wildman–Crippen LogP) is 2.50. The van der Waals surface area contributed by atoms with Gasteiger partial charge in [0.05, 0.1) is 15.9 Å². The minimum atomic E-state index is -0.422. The summed E-state index contributed by atoms with van der Waals surface area (Å²) in [5.41, 5.74) is 2.01. The zero-order valence-electron chi connectivity index (χ0n) is 13.6. The molecule has 0 saturated carbocycles. The molecule has 2 aromatic rings. The summed E-state index contributed by atoms with van der Waals surface area (Å²) in [5.74, 6) is 0.0612. The third-order valence-corrected chi connectivity index (χ3v) is 5.66. The fraction of sp³-hybridized carbons (Fsp3) is 0.471. The molecule has 1 aromatic heterocycles. The molecule has 1 atom stereocenters. The highest BCUT2D eigenvalue weighted by atomic mass is 32.1. The lowest BCUT2D eigenvalue weighted by Gasteiger charge is -2.35. The van der Waals surface area contributed by atoms with E-state index in [2.05, 4.69) is 16.1 Å². The average Bonchev–Trinajstić information content (AvgIpc) is 3.28. The summed E-state index contributed by atoms with van der Waals surface area (Å²) in [6.07, 6.45) is 1.05. The monoisotopic (exact) mass is 344 g/mol. The van der Waals surface area contributed by atoms with Crippen molar-refractivity contribution in [1.82, 2.24) is 9.88 Å². The van der Waals surface area contributed by atoms with E-state index < -0.39 is 6.10 Å². The first kappa shape index (κ1) is 15.4. The van der Waals surface area contributed by atoms with Crippen molar-refractivity contribution in [3.05, 3.63) is 24.3 Å². The van der Waals surface area contributed by atoms with Crippen LogP contribution in [0.15, 0.2) is 29.4 Å². The first-order valence-electron chi connectivity index (χ1n) is 8.35. The van der Waals surface area contributed by atoms with Gasteiger partial charge in [-0.2, -0.15) is 0 Å². The van der Waals surface area contributed by atoms with Gasteiger partial charge in [0.1, 0.15) is 0 Å². The number of piperazine rings is 1. The molecule has 0 spiro atoms. The molecule has 0 N–H and O–H groups in total. The van der Waals surface area contributed by atoms with Crippen LogP contribution in [-0.4, -0.2) is 53.8 Å². The summed E-state index contributed by atoms with van der Waals surface area (Å²) in [6.45, 7) is 5.05. The van der Waals surface area contributed by atoms with E-state index in [1.165, 1.54) is 4.70 Å². The topological polar surface area (TPSA) is 58.0 Å². The molecule has 1 aromatic carbocycles. The zero-order chi connectivity index (χ0) is 16.5. The quantitative estimate of drug-likeness (QED) is 0.858. The Labute approximate surface area is 144 Å². The number of carbonyl (C=O) groups is 1. The largest absolute Gasteiger partial charge is 0.382 e. The average molecular weight is 344 g/mol. The zero-order valence-corrected chi connectivity index (χ0v) is 14.5. The van der Waals surface area contributed by atoms with Crippen molar-refractivity contribution in [2.24, 2.45) is 5.16 Å². The summed E-state index contributed by atoms with van der Waals surface area (Å²) in [7, 11) is 0. The highest BCUT2D eigenvalue weighted by molar-refractivity contribution is 7.22. The van der Waals surface area contributed by atoms with Gasteiger partial charge in [0.2, 0.25) is 6.10 Å². The van der Waals surface area contributed by atoms with E-state index in [9.17, 15) is 4.79 Å². The van der Waals surface area contributed by atoms with Crippen LogP contribution in [0.5, 0.6) is 0 Å². The Balaban J connectivity index is 1.37. The van der Waals surface area contributed by atoms with Crippen LogP contribution in [0.3, 0.4) is 0 Å². The molecule has 0 aliphatic carbocycles. The van der Waals surface area contributed by atoms with Crippen molar-refractivity contribution < 1.29 is 9.63 Å².